The van der Waals surface area contributed by atoms with Gasteiger partial charge in [0, 0.05) is 32.7 Å². The number of benzene rings is 1. The van der Waals surface area contributed by atoms with Gasteiger partial charge in [-0.1, -0.05) is 12.1 Å². The number of para-hydroxylation sites is 1. The van der Waals surface area contributed by atoms with Crippen molar-refractivity contribution < 1.29 is 59.8 Å². The number of rotatable bonds is 3. The second kappa shape index (κ2) is 5.55. The predicted octanol–water partition coefficient (Wildman–Crippen LogP) is 0.564. The van der Waals surface area contributed by atoms with E-state index in [-0.39, 0.29) is 38.3 Å². The molecular weight excluding hydrogens is 301 g/mol. The first-order valence-electron chi connectivity index (χ1n) is 3.39. The maximum absolute atomic E-state index is 10.6. The van der Waals surface area contributed by atoms with Gasteiger partial charge < -0.3 is 9.29 Å². The average molecular weight is 307 g/mol. The second-order valence-corrected chi connectivity index (χ2v) is 3.33. The Hall–Kier alpha value is -0.496. The maximum Gasteiger partial charge on any atom is 0.446 e. The summed E-state index contributed by atoms with van der Waals surface area (Å²) in [6.45, 7) is 0. The van der Waals surface area contributed by atoms with E-state index in [2.05, 4.69) is 4.18 Å². The van der Waals surface area contributed by atoms with Crippen LogP contribution in [0.3, 0.4) is 0 Å². The molecule has 79 valence electrons. The molecule has 0 aromatic heterocycles. The Balaban J connectivity index is 0.00000196. The van der Waals surface area contributed by atoms with Gasteiger partial charge >= 0.3 is 16.4 Å². The number of hydrogen-bond acceptors (Lipinski definition) is 4. The van der Waals surface area contributed by atoms with E-state index in [1.807, 2.05) is 0 Å². The Kier molecular flexibility index (Phi) is 5.37. The van der Waals surface area contributed by atoms with Crippen molar-refractivity contribution >= 4 is 16.4 Å². The number of carboxylic acids is 1. The van der Waals surface area contributed by atoms with E-state index >= 15 is 0 Å². The van der Waals surface area contributed by atoms with Crippen molar-refractivity contribution in [2.75, 3.05) is 0 Å². The fraction of sp³-hybridized carbons (Fsp3) is 0. The van der Waals surface area contributed by atoms with Crippen LogP contribution in [0.2, 0.25) is 0 Å². The minimum Gasteiger partial charge on any atom is -0.478 e. The fourth-order valence-corrected chi connectivity index (χ4v) is 1.20. The second-order valence-electron chi connectivity index (χ2n) is 2.31. The molecule has 0 heterocycles. The minimum absolute atomic E-state index is 0. The number of carboxylic acid groups (broad SMARTS) is 1. The van der Waals surface area contributed by atoms with Crippen LogP contribution < -0.4 is 4.18 Å². The van der Waals surface area contributed by atoms with Gasteiger partial charge in [-0.05, 0) is 12.1 Å². The SMILES string of the molecule is O=C(O)c1ccccc1OS(=O)(=O)O.[Y]. The van der Waals surface area contributed by atoms with Crippen molar-refractivity contribution in [1.82, 2.24) is 0 Å². The standard InChI is InChI=1S/C7H6O6S.Y/c8-7(9)5-3-1-2-4-6(5)13-14(10,11)12;/h1-4H,(H,8,9)(H,10,11,12);. The molecular formula is C7H6O6SY. The van der Waals surface area contributed by atoms with Crippen molar-refractivity contribution in [2.24, 2.45) is 0 Å². The topological polar surface area (TPSA) is 101 Å². The first-order valence-corrected chi connectivity index (χ1v) is 4.76. The predicted molar refractivity (Wildman–Crippen MR) is 45.6 cm³/mol. The molecule has 0 aliphatic carbocycles. The zero-order valence-electron chi connectivity index (χ0n) is 7.32. The molecule has 1 rings (SSSR count). The van der Waals surface area contributed by atoms with E-state index in [1.54, 1.807) is 0 Å². The van der Waals surface area contributed by atoms with Crippen LogP contribution in [0.5, 0.6) is 5.75 Å². The quantitative estimate of drug-likeness (QED) is 0.792. The van der Waals surface area contributed by atoms with Gasteiger partial charge in [-0.15, -0.1) is 0 Å². The van der Waals surface area contributed by atoms with E-state index in [0.717, 1.165) is 12.1 Å². The average Bonchev–Trinajstić information content (AvgIpc) is 2.01. The summed E-state index contributed by atoms with van der Waals surface area (Å²) in [5.41, 5.74) is -0.342. The fourth-order valence-electron chi connectivity index (χ4n) is 0.829. The monoisotopic (exact) mass is 307 g/mol. The van der Waals surface area contributed by atoms with E-state index < -0.39 is 22.1 Å². The number of hydrogen-bond donors (Lipinski definition) is 2. The van der Waals surface area contributed by atoms with Crippen LogP contribution in [0.1, 0.15) is 10.4 Å². The third-order valence-electron chi connectivity index (χ3n) is 1.31. The third kappa shape index (κ3) is 4.70. The van der Waals surface area contributed by atoms with Crippen molar-refractivity contribution in [1.29, 1.82) is 0 Å². The molecule has 0 unspecified atom stereocenters. The maximum atomic E-state index is 10.6. The number of carbonyl (C=O) groups is 1. The minimum atomic E-state index is -4.70. The zero-order chi connectivity index (χ0) is 10.8. The first kappa shape index (κ1) is 14.5. The molecule has 0 spiro atoms. The molecule has 0 aliphatic heterocycles. The van der Waals surface area contributed by atoms with Gasteiger partial charge in [0.15, 0.2) is 5.75 Å². The Morgan fingerprint density at radius 1 is 1.27 bits per heavy atom. The van der Waals surface area contributed by atoms with Crippen LogP contribution in [0.15, 0.2) is 24.3 Å². The first-order chi connectivity index (χ1) is 6.40. The molecule has 15 heavy (non-hydrogen) atoms. The molecule has 8 heteroatoms. The third-order valence-corrected chi connectivity index (χ3v) is 1.70. The molecule has 0 fully saturated rings. The molecule has 0 saturated heterocycles. The van der Waals surface area contributed by atoms with Crippen LogP contribution in [-0.4, -0.2) is 24.0 Å². The largest absolute Gasteiger partial charge is 0.478 e. The van der Waals surface area contributed by atoms with Gasteiger partial charge in [0.05, 0.1) is 0 Å². The van der Waals surface area contributed by atoms with Gasteiger partial charge in [0.2, 0.25) is 0 Å². The van der Waals surface area contributed by atoms with Gasteiger partial charge in [0.25, 0.3) is 0 Å². The molecule has 1 aromatic rings. The molecule has 0 amide bonds. The van der Waals surface area contributed by atoms with Gasteiger partial charge in [-0.2, -0.15) is 8.42 Å². The van der Waals surface area contributed by atoms with Crippen LogP contribution in [0.4, 0.5) is 0 Å². The Labute approximate surface area is 111 Å². The van der Waals surface area contributed by atoms with Crippen molar-refractivity contribution in [3.05, 3.63) is 29.8 Å². The van der Waals surface area contributed by atoms with Crippen LogP contribution >= 0.6 is 0 Å². The summed E-state index contributed by atoms with van der Waals surface area (Å²) < 4.78 is 33.0. The van der Waals surface area contributed by atoms with E-state index in [0.29, 0.717) is 0 Å². The van der Waals surface area contributed by atoms with Crippen LogP contribution in [0, 0.1) is 0 Å². The molecule has 0 bridgehead atoms. The number of aromatic carboxylic acids is 1. The molecule has 2 N–H and O–H groups in total. The summed E-state index contributed by atoms with van der Waals surface area (Å²) in [6, 6.07) is 5.06. The van der Waals surface area contributed by atoms with Crippen molar-refractivity contribution in [3.63, 3.8) is 0 Å². The summed E-state index contributed by atoms with van der Waals surface area (Å²) in [5.74, 6) is -1.77. The molecule has 0 atom stereocenters. The summed E-state index contributed by atoms with van der Waals surface area (Å²) >= 11 is 0. The van der Waals surface area contributed by atoms with Crippen molar-refractivity contribution in [3.8, 4) is 5.75 Å². The van der Waals surface area contributed by atoms with E-state index in [9.17, 15) is 13.2 Å². The molecule has 0 saturated carbocycles. The molecule has 0 aliphatic rings. The Morgan fingerprint density at radius 3 is 2.27 bits per heavy atom. The molecule has 6 nitrogen and oxygen atoms in total. The summed E-state index contributed by atoms with van der Waals surface area (Å²) in [6.07, 6.45) is 0. The summed E-state index contributed by atoms with van der Waals surface area (Å²) in [5, 5.41) is 8.61. The van der Waals surface area contributed by atoms with Crippen LogP contribution in [-0.2, 0) is 43.1 Å². The van der Waals surface area contributed by atoms with Crippen LogP contribution in [0.25, 0.3) is 0 Å². The van der Waals surface area contributed by atoms with Gasteiger partial charge in [-0.3, -0.25) is 4.55 Å². The smallest absolute Gasteiger partial charge is 0.446 e. The normalized spacial score (nSPS) is 10.2. The van der Waals surface area contributed by atoms with Gasteiger partial charge in [0.1, 0.15) is 5.56 Å². The zero-order valence-corrected chi connectivity index (χ0v) is 11.0. The molecule has 1 radical (unpaired) electrons. The summed E-state index contributed by atoms with van der Waals surface area (Å²) in [7, 11) is -4.70. The Morgan fingerprint density at radius 2 is 1.80 bits per heavy atom. The summed E-state index contributed by atoms with van der Waals surface area (Å²) in [4.78, 5) is 10.6. The van der Waals surface area contributed by atoms with E-state index in [1.165, 1.54) is 12.1 Å². The Bertz CT molecular complexity index is 454. The van der Waals surface area contributed by atoms with Gasteiger partial charge in [-0.25, -0.2) is 4.79 Å². The molecule has 1 aromatic carbocycles. The van der Waals surface area contributed by atoms with Crippen molar-refractivity contribution in [2.45, 2.75) is 0 Å². The van der Waals surface area contributed by atoms with E-state index in [4.69, 9.17) is 9.66 Å².